The van der Waals surface area contributed by atoms with Crippen molar-refractivity contribution in [3.05, 3.63) is 22.7 Å². The highest BCUT2D eigenvalue weighted by atomic mass is 79.9. The smallest absolute Gasteiger partial charge is 0.0509 e. The Morgan fingerprint density at radius 2 is 2.07 bits per heavy atom. The molecule has 0 fully saturated rings. The lowest BCUT2D eigenvalue weighted by atomic mass is 10.1. The lowest BCUT2D eigenvalue weighted by Gasteiger charge is -2.21. The van der Waals surface area contributed by atoms with E-state index in [9.17, 15) is 0 Å². The predicted molar refractivity (Wildman–Crippen MR) is 71.3 cm³/mol. The molecule has 15 heavy (non-hydrogen) atoms. The molecule has 0 atom stereocenters. The Labute approximate surface area is 101 Å². The maximum atomic E-state index is 5.70. The largest absolute Gasteiger partial charge is 0.399 e. The molecule has 0 aliphatic heterocycles. The van der Waals surface area contributed by atoms with E-state index >= 15 is 0 Å². The predicted octanol–water partition coefficient (Wildman–Crippen LogP) is 3.51. The average Bonchev–Trinajstić information content (AvgIpc) is 2.14. The van der Waals surface area contributed by atoms with Gasteiger partial charge in [-0.3, -0.25) is 0 Å². The highest BCUT2D eigenvalue weighted by Gasteiger charge is 2.06. The SMILES string of the molecule is CC(C)CCN(C)c1ccc(N)cc1Br. The minimum absolute atomic E-state index is 0.736. The molecular weight excluding hydrogens is 252 g/mol. The van der Waals surface area contributed by atoms with Crippen LogP contribution in [-0.2, 0) is 0 Å². The molecule has 0 bridgehead atoms. The summed E-state index contributed by atoms with van der Waals surface area (Å²) in [6.07, 6.45) is 1.20. The number of hydrogen-bond donors (Lipinski definition) is 1. The number of halogens is 1. The van der Waals surface area contributed by atoms with Crippen LogP contribution in [0.15, 0.2) is 22.7 Å². The number of nitrogen functional groups attached to an aromatic ring is 1. The van der Waals surface area contributed by atoms with Crippen molar-refractivity contribution < 1.29 is 0 Å². The van der Waals surface area contributed by atoms with Gasteiger partial charge >= 0.3 is 0 Å². The van der Waals surface area contributed by atoms with Crippen LogP contribution in [0.1, 0.15) is 20.3 Å². The van der Waals surface area contributed by atoms with Gasteiger partial charge in [0.25, 0.3) is 0 Å². The van der Waals surface area contributed by atoms with Crippen molar-refractivity contribution >= 4 is 27.3 Å². The molecule has 0 spiro atoms. The first-order chi connectivity index (χ1) is 7.00. The molecule has 0 amide bonds. The van der Waals surface area contributed by atoms with Crippen molar-refractivity contribution in [2.75, 3.05) is 24.2 Å². The molecule has 0 unspecified atom stereocenters. The summed E-state index contributed by atoms with van der Waals surface area (Å²) in [5.41, 5.74) is 7.69. The number of anilines is 2. The number of hydrogen-bond acceptors (Lipinski definition) is 2. The van der Waals surface area contributed by atoms with E-state index in [0.29, 0.717) is 0 Å². The van der Waals surface area contributed by atoms with Crippen molar-refractivity contribution in [1.29, 1.82) is 0 Å². The molecule has 0 saturated carbocycles. The van der Waals surface area contributed by atoms with E-state index in [1.807, 2.05) is 12.1 Å². The molecule has 1 aromatic carbocycles. The molecule has 3 heteroatoms. The third kappa shape index (κ3) is 3.74. The van der Waals surface area contributed by atoms with Crippen molar-refractivity contribution in [3.63, 3.8) is 0 Å². The van der Waals surface area contributed by atoms with Crippen LogP contribution < -0.4 is 10.6 Å². The van der Waals surface area contributed by atoms with Crippen molar-refractivity contribution in [2.45, 2.75) is 20.3 Å². The fourth-order valence-electron chi connectivity index (χ4n) is 1.41. The quantitative estimate of drug-likeness (QED) is 0.849. The summed E-state index contributed by atoms with van der Waals surface area (Å²) in [7, 11) is 2.11. The maximum Gasteiger partial charge on any atom is 0.0509 e. The maximum absolute atomic E-state index is 5.70. The molecule has 1 rings (SSSR count). The molecule has 2 N–H and O–H groups in total. The van der Waals surface area contributed by atoms with Gasteiger partial charge in [-0.2, -0.15) is 0 Å². The number of benzene rings is 1. The summed E-state index contributed by atoms with van der Waals surface area (Å²) in [5.74, 6) is 0.736. The lowest BCUT2D eigenvalue weighted by Crippen LogP contribution is -2.20. The molecule has 1 aromatic rings. The van der Waals surface area contributed by atoms with Gasteiger partial charge < -0.3 is 10.6 Å². The van der Waals surface area contributed by atoms with Gasteiger partial charge in [0.2, 0.25) is 0 Å². The Morgan fingerprint density at radius 1 is 1.40 bits per heavy atom. The Kier molecular flexibility index (Phi) is 4.45. The first-order valence-electron chi connectivity index (χ1n) is 5.27. The van der Waals surface area contributed by atoms with Crippen LogP contribution in [0, 0.1) is 5.92 Å². The Hall–Kier alpha value is -0.700. The van der Waals surface area contributed by atoms with Gasteiger partial charge in [0.05, 0.1) is 5.69 Å². The minimum atomic E-state index is 0.736. The summed E-state index contributed by atoms with van der Waals surface area (Å²) in [5, 5.41) is 0. The van der Waals surface area contributed by atoms with Gasteiger partial charge in [-0.25, -0.2) is 0 Å². The molecule has 0 heterocycles. The molecule has 0 aliphatic carbocycles. The average molecular weight is 271 g/mol. The summed E-state index contributed by atoms with van der Waals surface area (Å²) >= 11 is 3.53. The van der Waals surface area contributed by atoms with Crippen LogP contribution in [0.25, 0.3) is 0 Å². The normalized spacial score (nSPS) is 10.7. The molecule has 84 valence electrons. The third-order valence-electron chi connectivity index (χ3n) is 2.42. The standard InChI is InChI=1S/C12H19BrN2/c1-9(2)6-7-15(3)12-5-4-10(14)8-11(12)13/h4-5,8-9H,6-7,14H2,1-3H3. The zero-order valence-electron chi connectivity index (χ0n) is 9.63. The Bertz CT molecular complexity index is 323. The second-order valence-electron chi connectivity index (χ2n) is 4.31. The van der Waals surface area contributed by atoms with E-state index in [0.717, 1.165) is 22.6 Å². The van der Waals surface area contributed by atoms with Gasteiger partial charge in [-0.15, -0.1) is 0 Å². The summed E-state index contributed by atoms with van der Waals surface area (Å²) in [6.45, 7) is 5.55. The minimum Gasteiger partial charge on any atom is -0.399 e. The van der Waals surface area contributed by atoms with Gasteiger partial charge in [0, 0.05) is 23.8 Å². The molecule has 0 aliphatic rings. The van der Waals surface area contributed by atoms with Crippen molar-refractivity contribution in [3.8, 4) is 0 Å². The van der Waals surface area contributed by atoms with E-state index in [2.05, 4.69) is 47.8 Å². The van der Waals surface area contributed by atoms with Crippen molar-refractivity contribution in [1.82, 2.24) is 0 Å². The van der Waals surface area contributed by atoms with E-state index < -0.39 is 0 Å². The number of rotatable bonds is 4. The van der Waals surface area contributed by atoms with Crippen molar-refractivity contribution in [2.24, 2.45) is 5.92 Å². The van der Waals surface area contributed by atoms with Gasteiger partial charge in [-0.05, 0) is 46.5 Å². The van der Waals surface area contributed by atoms with Crippen LogP contribution in [0.5, 0.6) is 0 Å². The number of nitrogens with zero attached hydrogens (tertiary/aromatic N) is 1. The summed E-state index contributed by atoms with van der Waals surface area (Å²) in [6, 6.07) is 5.94. The summed E-state index contributed by atoms with van der Waals surface area (Å²) < 4.78 is 1.06. The van der Waals surface area contributed by atoms with E-state index in [1.54, 1.807) is 0 Å². The third-order valence-corrected chi connectivity index (χ3v) is 3.06. The van der Waals surface area contributed by atoms with Gasteiger partial charge in [0.1, 0.15) is 0 Å². The number of nitrogens with two attached hydrogens (primary N) is 1. The zero-order valence-corrected chi connectivity index (χ0v) is 11.2. The topological polar surface area (TPSA) is 29.3 Å². The van der Waals surface area contributed by atoms with E-state index in [-0.39, 0.29) is 0 Å². The highest BCUT2D eigenvalue weighted by molar-refractivity contribution is 9.10. The second-order valence-corrected chi connectivity index (χ2v) is 5.17. The van der Waals surface area contributed by atoms with Gasteiger partial charge in [0.15, 0.2) is 0 Å². The first kappa shape index (κ1) is 12.4. The van der Waals surface area contributed by atoms with Gasteiger partial charge in [-0.1, -0.05) is 13.8 Å². The second kappa shape index (κ2) is 5.40. The zero-order chi connectivity index (χ0) is 11.4. The van der Waals surface area contributed by atoms with Crippen LogP contribution in [0.2, 0.25) is 0 Å². The van der Waals surface area contributed by atoms with E-state index in [1.165, 1.54) is 12.1 Å². The molecular formula is C12H19BrN2. The fourth-order valence-corrected chi connectivity index (χ4v) is 2.10. The summed E-state index contributed by atoms with van der Waals surface area (Å²) in [4.78, 5) is 2.25. The lowest BCUT2D eigenvalue weighted by molar-refractivity contribution is 0.585. The Balaban J connectivity index is 2.69. The fraction of sp³-hybridized carbons (Fsp3) is 0.500. The molecule has 0 aromatic heterocycles. The Morgan fingerprint density at radius 3 is 2.60 bits per heavy atom. The van der Waals surface area contributed by atoms with E-state index in [4.69, 9.17) is 5.73 Å². The molecule has 0 saturated heterocycles. The highest BCUT2D eigenvalue weighted by Crippen LogP contribution is 2.27. The molecule has 2 nitrogen and oxygen atoms in total. The first-order valence-corrected chi connectivity index (χ1v) is 6.06. The molecule has 0 radical (unpaired) electrons. The van der Waals surface area contributed by atoms with Crippen LogP contribution in [0.3, 0.4) is 0 Å². The monoisotopic (exact) mass is 270 g/mol. The van der Waals surface area contributed by atoms with Crippen LogP contribution in [0.4, 0.5) is 11.4 Å². The van der Waals surface area contributed by atoms with Crippen LogP contribution >= 0.6 is 15.9 Å². The van der Waals surface area contributed by atoms with Crippen LogP contribution in [-0.4, -0.2) is 13.6 Å².